The van der Waals surface area contributed by atoms with Gasteiger partial charge in [-0.25, -0.2) is 0 Å². The van der Waals surface area contributed by atoms with Crippen LogP contribution >= 0.6 is 0 Å². The number of hydrogen-bond donors (Lipinski definition) is 2. The van der Waals surface area contributed by atoms with Crippen LogP contribution in [0.1, 0.15) is 58.3 Å². The van der Waals surface area contributed by atoms with Gasteiger partial charge in [0.15, 0.2) is 0 Å². The van der Waals surface area contributed by atoms with Crippen molar-refractivity contribution in [2.24, 2.45) is 5.73 Å². The fourth-order valence-electron chi connectivity index (χ4n) is 3.57. The molecule has 1 heterocycles. The number of nitrogens with one attached hydrogen (secondary N) is 1. The first kappa shape index (κ1) is 14.8. The van der Waals surface area contributed by atoms with Crippen LogP contribution in [0.3, 0.4) is 0 Å². The Bertz CT molecular complexity index is 292. The number of carbonyl (C=O) groups excluding carboxylic acids is 1. The van der Waals surface area contributed by atoms with E-state index in [2.05, 4.69) is 17.1 Å². The molecule has 0 spiro atoms. The van der Waals surface area contributed by atoms with E-state index in [-0.39, 0.29) is 5.91 Å². The van der Waals surface area contributed by atoms with Crippen LogP contribution in [-0.2, 0) is 4.79 Å². The molecular weight excluding hydrogens is 238 g/mol. The van der Waals surface area contributed by atoms with Gasteiger partial charge in [-0.15, -0.1) is 0 Å². The Labute approximate surface area is 117 Å². The van der Waals surface area contributed by atoms with Crippen LogP contribution in [0.5, 0.6) is 0 Å². The van der Waals surface area contributed by atoms with E-state index < -0.39 is 5.54 Å². The molecule has 0 unspecified atom stereocenters. The minimum absolute atomic E-state index is 0.144. The fourth-order valence-corrected chi connectivity index (χ4v) is 3.57. The number of nitrogens with zero attached hydrogens (tertiary/aromatic N) is 1. The summed E-state index contributed by atoms with van der Waals surface area (Å²) in [7, 11) is 0. The lowest BCUT2D eigenvalue weighted by molar-refractivity contribution is -0.127. The number of piperidine rings is 1. The van der Waals surface area contributed by atoms with Gasteiger partial charge in [-0.3, -0.25) is 4.79 Å². The van der Waals surface area contributed by atoms with Gasteiger partial charge in [-0.05, 0) is 38.6 Å². The molecule has 4 heteroatoms. The van der Waals surface area contributed by atoms with Crippen LogP contribution in [0, 0.1) is 0 Å². The quantitative estimate of drug-likeness (QED) is 0.796. The average Bonchev–Trinajstić information content (AvgIpc) is 2.42. The van der Waals surface area contributed by atoms with Crippen LogP contribution in [0.4, 0.5) is 0 Å². The molecule has 19 heavy (non-hydrogen) atoms. The molecule has 4 nitrogen and oxygen atoms in total. The van der Waals surface area contributed by atoms with E-state index in [1.807, 2.05) is 0 Å². The molecule has 2 rings (SSSR count). The van der Waals surface area contributed by atoms with Gasteiger partial charge < -0.3 is 16.0 Å². The van der Waals surface area contributed by atoms with E-state index in [1.54, 1.807) is 0 Å². The van der Waals surface area contributed by atoms with Gasteiger partial charge in [0.2, 0.25) is 5.91 Å². The molecule has 0 aromatic carbocycles. The molecular formula is C15H29N3O. The fraction of sp³-hybridized carbons (Fsp3) is 0.933. The minimum atomic E-state index is -0.438. The number of rotatable bonds is 5. The standard InChI is InChI=1S/C15H29N3O/c1-2-10-18-11-8-15(9-12-18,14(16)19)17-13-6-4-3-5-7-13/h13,17H,2-12H2,1H3,(H2,16,19). The van der Waals surface area contributed by atoms with Crippen LogP contribution in [0.15, 0.2) is 0 Å². The van der Waals surface area contributed by atoms with E-state index >= 15 is 0 Å². The zero-order valence-electron chi connectivity index (χ0n) is 12.3. The summed E-state index contributed by atoms with van der Waals surface area (Å²) in [6.07, 6.45) is 9.24. The van der Waals surface area contributed by atoms with Crippen molar-refractivity contribution in [3.63, 3.8) is 0 Å². The van der Waals surface area contributed by atoms with Gasteiger partial charge in [-0.2, -0.15) is 0 Å². The monoisotopic (exact) mass is 267 g/mol. The summed E-state index contributed by atoms with van der Waals surface area (Å²) in [5.41, 5.74) is 5.28. The second-order valence-electron chi connectivity index (χ2n) is 6.27. The summed E-state index contributed by atoms with van der Waals surface area (Å²) in [4.78, 5) is 14.4. The number of likely N-dealkylation sites (tertiary alicyclic amines) is 1. The van der Waals surface area contributed by atoms with E-state index in [0.717, 1.165) is 32.5 Å². The number of carbonyl (C=O) groups is 1. The third-order valence-corrected chi connectivity index (χ3v) is 4.81. The molecule has 2 aliphatic rings. The molecule has 3 N–H and O–H groups in total. The summed E-state index contributed by atoms with van der Waals surface area (Å²) >= 11 is 0. The molecule has 1 aliphatic heterocycles. The number of primary amides is 1. The second kappa shape index (κ2) is 6.71. The first-order valence-corrected chi connectivity index (χ1v) is 7.96. The summed E-state index contributed by atoms with van der Waals surface area (Å²) < 4.78 is 0. The lowest BCUT2D eigenvalue weighted by Gasteiger charge is -2.43. The molecule has 0 bridgehead atoms. The zero-order chi connectivity index (χ0) is 13.7. The van der Waals surface area contributed by atoms with E-state index in [1.165, 1.54) is 38.5 Å². The summed E-state index contributed by atoms with van der Waals surface area (Å²) in [6.45, 7) is 5.33. The van der Waals surface area contributed by atoms with Gasteiger partial charge in [0.25, 0.3) is 0 Å². The maximum atomic E-state index is 12.0. The third-order valence-electron chi connectivity index (χ3n) is 4.81. The Morgan fingerprint density at radius 1 is 1.26 bits per heavy atom. The molecule has 0 aromatic heterocycles. The topological polar surface area (TPSA) is 58.4 Å². The first-order chi connectivity index (χ1) is 9.16. The normalized spacial score (nSPS) is 25.3. The van der Waals surface area contributed by atoms with E-state index in [9.17, 15) is 4.79 Å². The van der Waals surface area contributed by atoms with Gasteiger partial charge in [0.05, 0.1) is 0 Å². The van der Waals surface area contributed by atoms with Crippen molar-refractivity contribution in [3.05, 3.63) is 0 Å². The largest absolute Gasteiger partial charge is 0.368 e. The first-order valence-electron chi connectivity index (χ1n) is 7.96. The third kappa shape index (κ3) is 3.69. The molecule has 1 saturated heterocycles. The Morgan fingerprint density at radius 2 is 1.89 bits per heavy atom. The predicted molar refractivity (Wildman–Crippen MR) is 77.9 cm³/mol. The van der Waals surface area contributed by atoms with Crippen LogP contribution in [0.2, 0.25) is 0 Å². The number of amides is 1. The smallest absolute Gasteiger partial charge is 0.237 e. The molecule has 0 radical (unpaired) electrons. The maximum Gasteiger partial charge on any atom is 0.237 e. The molecule has 1 aliphatic carbocycles. The highest BCUT2D eigenvalue weighted by molar-refractivity contribution is 5.84. The highest BCUT2D eigenvalue weighted by atomic mass is 16.1. The Balaban J connectivity index is 1.93. The van der Waals surface area contributed by atoms with Crippen molar-refractivity contribution in [1.29, 1.82) is 0 Å². The Kier molecular flexibility index (Phi) is 5.22. The Hall–Kier alpha value is -0.610. The van der Waals surface area contributed by atoms with Crippen molar-refractivity contribution in [1.82, 2.24) is 10.2 Å². The SMILES string of the molecule is CCCN1CCC(NC2CCCCC2)(C(N)=O)CC1. The van der Waals surface area contributed by atoms with E-state index in [4.69, 9.17) is 5.73 Å². The minimum Gasteiger partial charge on any atom is -0.368 e. The molecule has 110 valence electrons. The summed E-state index contributed by atoms with van der Waals surface area (Å²) in [6, 6.07) is 0.499. The van der Waals surface area contributed by atoms with Gasteiger partial charge in [0.1, 0.15) is 5.54 Å². The molecule has 2 fully saturated rings. The summed E-state index contributed by atoms with van der Waals surface area (Å²) in [5, 5.41) is 3.63. The molecule has 1 saturated carbocycles. The van der Waals surface area contributed by atoms with Crippen molar-refractivity contribution in [3.8, 4) is 0 Å². The highest BCUT2D eigenvalue weighted by Gasteiger charge is 2.41. The van der Waals surface area contributed by atoms with Crippen LogP contribution in [-0.4, -0.2) is 42.0 Å². The average molecular weight is 267 g/mol. The molecule has 0 aromatic rings. The Morgan fingerprint density at radius 3 is 2.42 bits per heavy atom. The van der Waals surface area contributed by atoms with Crippen molar-refractivity contribution < 1.29 is 4.79 Å². The second-order valence-corrected chi connectivity index (χ2v) is 6.27. The highest BCUT2D eigenvalue weighted by Crippen LogP contribution is 2.26. The molecule has 0 atom stereocenters. The molecule has 1 amide bonds. The van der Waals surface area contributed by atoms with Gasteiger partial charge >= 0.3 is 0 Å². The lowest BCUT2D eigenvalue weighted by Crippen LogP contribution is -2.63. The van der Waals surface area contributed by atoms with Crippen molar-refractivity contribution >= 4 is 5.91 Å². The lowest BCUT2D eigenvalue weighted by atomic mass is 9.83. The maximum absolute atomic E-state index is 12.0. The number of hydrogen-bond acceptors (Lipinski definition) is 3. The zero-order valence-corrected chi connectivity index (χ0v) is 12.3. The number of nitrogens with two attached hydrogens (primary N) is 1. The van der Waals surface area contributed by atoms with Crippen molar-refractivity contribution in [2.75, 3.05) is 19.6 Å². The van der Waals surface area contributed by atoms with Gasteiger partial charge in [-0.1, -0.05) is 26.2 Å². The van der Waals surface area contributed by atoms with E-state index in [0.29, 0.717) is 6.04 Å². The van der Waals surface area contributed by atoms with Crippen LogP contribution < -0.4 is 11.1 Å². The van der Waals surface area contributed by atoms with Gasteiger partial charge in [0, 0.05) is 19.1 Å². The predicted octanol–water partition coefficient (Wildman–Crippen LogP) is 1.64. The van der Waals surface area contributed by atoms with Crippen LogP contribution in [0.25, 0.3) is 0 Å². The van der Waals surface area contributed by atoms with Crippen molar-refractivity contribution in [2.45, 2.75) is 69.9 Å². The summed E-state index contributed by atoms with van der Waals surface area (Å²) in [5.74, 6) is -0.144.